The van der Waals surface area contributed by atoms with Gasteiger partial charge >= 0.3 is 98.8 Å². The maximum Gasteiger partial charge on any atom is 1.00 e. The van der Waals surface area contributed by atoms with Gasteiger partial charge in [-0.2, -0.15) is 0 Å². The molecule has 0 aromatic rings. The Balaban J connectivity index is -0.000000158. The van der Waals surface area contributed by atoms with Gasteiger partial charge < -0.3 is 39.6 Å². The molecule has 0 aromatic heterocycles. The van der Waals surface area contributed by atoms with E-state index in [-0.39, 0.29) is 80.9 Å². The molecule has 0 aromatic carbocycles. The summed E-state index contributed by atoms with van der Waals surface area (Å²) in [5, 5.41) is 33.8. The van der Waals surface area contributed by atoms with Crippen LogP contribution in [0, 0.1) is 0 Å². The maximum atomic E-state index is 10.3. The molecular weight excluding hydrogens is 338 g/mol. The number of hydrogen-bond donors (Lipinski definition) is 6. The van der Waals surface area contributed by atoms with E-state index in [1.807, 2.05) is 0 Å². The van der Waals surface area contributed by atoms with Crippen molar-refractivity contribution in [2.45, 2.75) is 18.4 Å². The van der Waals surface area contributed by atoms with Crippen molar-refractivity contribution in [2.75, 3.05) is 0 Å². The predicted octanol–water partition coefficient (Wildman–Crippen LogP) is -11.1. The SMILES string of the molecule is O=C(O)CC(O)(CC(=O)O)C(=O)O.[K+].[Na+].[O-][Si]([O-])(O)O. The molecule has 6 N–H and O–H groups in total. The molecule has 0 amide bonds. The summed E-state index contributed by atoms with van der Waals surface area (Å²) < 4.78 is 0. The second-order valence-corrected chi connectivity index (χ2v) is 4.12. The number of carboxylic acid groups (broad SMARTS) is 3. The first-order chi connectivity index (χ1) is 7.78. The van der Waals surface area contributed by atoms with E-state index in [1.54, 1.807) is 0 Å². The van der Waals surface area contributed by atoms with Crippen molar-refractivity contribution < 1.29 is 135 Å². The number of aliphatic hydroxyl groups is 1. The average molecular weight is 348 g/mol. The topological polar surface area (TPSA) is 219 Å². The largest absolute Gasteiger partial charge is 1.00 e. The fourth-order valence-corrected chi connectivity index (χ4v) is 0.714. The quantitative estimate of drug-likeness (QED) is 0.256. The summed E-state index contributed by atoms with van der Waals surface area (Å²) in [5.41, 5.74) is -2.74. The standard InChI is InChI=1S/C6H8O7.K.Na.H2O4Si/c7-3(8)1-6(13,5(11)12)2-4(9)10;;;1-5(2,3)4/h13H,1-2H2,(H,7,8)(H,9,10)(H,11,12);;;1-2H/q;2*+1;-2. The molecule has 0 aliphatic carbocycles. The van der Waals surface area contributed by atoms with Gasteiger partial charge in [0, 0.05) is 0 Å². The van der Waals surface area contributed by atoms with E-state index in [2.05, 4.69) is 0 Å². The summed E-state index contributed by atoms with van der Waals surface area (Å²) in [6.07, 6.45) is -2.29. The normalized spacial score (nSPS) is 10.1. The predicted molar refractivity (Wildman–Crippen MR) is 47.3 cm³/mol. The Kier molecular flexibility index (Phi) is 18.3. The van der Waals surface area contributed by atoms with E-state index in [9.17, 15) is 14.4 Å². The van der Waals surface area contributed by atoms with Crippen molar-refractivity contribution >= 4 is 27.0 Å². The minimum Gasteiger partial charge on any atom is -0.828 e. The molecule has 0 saturated carbocycles. The average Bonchev–Trinajstić information content (AvgIpc) is 1.95. The van der Waals surface area contributed by atoms with Gasteiger partial charge in [-0.15, -0.1) is 0 Å². The molecule has 0 unspecified atom stereocenters. The van der Waals surface area contributed by atoms with Gasteiger partial charge in [0.05, 0.1) is 12.8 Å². The minimum absolute atomic E-state index is 0. The van der Waals surface area contributed by atoms with Crippen LogP contribution < -0.4 is 90.5 Å². The zero-order valence-electron chi connectivity index (χ0n) is 10.6. The van der Waals surface area contributed by atoms with E-state index >= 15 is 0 Å². The first-order valence-corrected chi connectivity index (χ1v) is 5.74. The van der Waals surface area contributed by atoms with Crippen molar-refractivity contribution in [3.05, 3.63) is 0 Å². The molecule has 0 fully saturated rings. The van der Waals surface area contributed by atoms with E-state index < -0.39 is 45.4 Å². The van der Waals surface area contributed by atoms with Crippen LogP contribution in [0.25, 0.3) is 0 Å². The summed E-state index contributed by atoms with van der Waals surface area (Å²) >= 11 is 0. The Morgan fingerprint density at radius 3 is 1.25 bits per heavy atom. The van der Waals surface area contributed by atoms with E-state index in [0.29, 0.717) is 0 Å². The summed E-state index contributed by atoms with van der Waals surface area (Å²) in [5.74, 6) is -5.02. The minimum atomic E-state index is -5.11. The molecule has 0 aliphatic rings. The zero-order valence-corrected chi connectivity index (χ0v) is 16.8. The summed E-state index contributed by atoms with van der Waals surface area (Å²) in [6, 6.07) is 0. The van der Waals surface area contributed by atoms with Crippen molar-refractivity contribution in [2.24, 2.45) is 0 Å². The maximum absolute atomic E-state index is 10.3. The van der Waals surface area contributed by atoms with Crippen LogP contribution in [0.1, 0.15) is 12.8 Å². The van der Waals surface area contributed by atoms with E-state index in [4.69, 9.17) is 39.6 Å². The number of aliphatic carboxylic acids is 3. The van der Waals surface area contributed by atoms with Crippen LogP contribution in [0.3, 0.4) is 0 Å². The van der Waals surface area contributed by atoms with Crippen LogP contribution in [0.2, 0.25) is 0 Å². The summed E-state index contributed by atoms with van der Waals surface area (Å²) in [7, 11) is -5.11. The van der Waals surface area contributed by atoms with Crippen LogP contribution in [0.15, 0.2) is 0 Å². The molecular formula is C6H10KNaO11Si. The second-order valence-electron chi connectivity index (χ2n) is 3.03. The van der Waals surface area contributed by atoms with Crippen LogP contribution >= 0.6 is 0 Å². The molecule has 11 nitrogen and oxygen atoms in total. The van der Waals surface area contributed by atoms with Crippen LogP contribution in [-0.2, 0) is 14.4 Å². The zero-order chi connectivity index (χ0) is 15.1. The van der Waals surface area contributed by atoms with Crippen molar-refractivity contribution in [3.63, 3.8) is 0 Å². The van der Waals surface area contributed by atoms with Gasteiger partial charge in [-0.3, -0.25) is 9.59 Å². The Morgan fingerprint density at radius 1 is 0.950 bits per heavy atom. The van der Waals surface area contributed by atoms with Crippen LogP contribution in [0.5, 0.6) is 0 Å². The number of hydrogen-bond acceptors (Lipinski definition) is 8. The van der Waals surface area contributed by atoms with Crippen molar-refractivity contribution in [3.8, 4) is 0 Å². The van der Waals surface area contributed by atoms with Gasteiger partial charge in [-0.1, -0.05) is 0 Å². The molecule has 0 heterocycles. The third-order valence-corrected chi connectivity index (χ3v) is 1.29. The Morgan fingerprint density at radius 2 is 1.15 bits per heavy atom. The van der Waals surface area contributed by atoms with Gasteiger partial charge in [0.15, 0.2) is 5.60 Å². The van der Waals surface area contributed by atoms with Gasteiger partial charge in [0.1, 0.15) is 9.05 Å². The van der Waals surface area contributed by atoms with Crippen molar-refractivity contribution in [1.29, 1.82) is 0 Å². The number of carbonyl (C=O) groups is 3. The Bertz CT molecular complexity index is 307. The molecule has 0 rings (SSSR count). The van der Waals surface area contributed by atoms with Gasteiger partial charge in [-0.05, 0) is 0 Å². The summed E-state index contributed by atoms with van der Waals surface area (Å²) in [4.78, 5) is 62.3. The fourth-order valence-electron chi connectivity index (χ4n) is 0.714. The van der Waals surface area contributed by atoms with Crippen LogP contribution in [0.4, 0.5) is 0 Å². The van der Waals surface area contributed by atoms with Crippen molar-refractivity contribution in [1.82, 2.24) is 0 Å². The molecule has 0 radical (unpaired) electrons. The molecule has 0 atom stereocenters. The Labute approximate surface area is 178 Å². The molecule has 0 spiro atoms. The molecule has 106 valence electrons. The number of carboxylic acids is 3. The van der Waals surface area contributed by atoms with Gasteiger partial charge in [0.25, 0.3) is 0 Å². The Hall–Kier alpha value is 1.06. The molecule has 20 heavy (non-hydrogen) atoms. The third-order valence-electron chi connectivity index (χ3n) is 1.29. The van der Waals surface area contributed by atoms with Gasteiger partial charge in [-0.25, -0.2) is 4.79 Å². The molecule has 0 saturated heterocycles. The smallest absolute Gasteiger partial charge is 0.828 e. The first-order valence-electron chi connectivity index (χ1n) is 4.03. The summed E-state index contributed by atoms with van der Waals surface area (Å²) in [6.45, 7) is 0. The molecule has 0 aliphatic heterocycles. The first kappa shape index (κ1) is 29.1. The van der Waals surface area contributed by atoms with E-state index in [0.717, 1.165) is 0 Å². The van der Waals surface area contributed by atoms with E-state index in [1.165, 1.54) is 0 Å². The number of rotatable bonds is 5. The molecule has 0 bridgehead atoms. The third kappa shape index (κ3) is 21.4. The second kappa shape index (κ2) is 12.6. The fraction of sp³-hybridized carbons (Fsp3) is 0.500. The molecule has 14 heteroatoms. The van der Waals surface area contributed by atoms with Crippen LogP contribution in [-0.4, -0.2) is 62.6 Å². The monoisotopic (exact) mass is 348 g/mol. The van der Waals surface area contributed by atoms with Gasteiger partial charge in [0.2, 0.25) is 0 Å².